The number of hydrogen-bond donors (Lipinski definition) is 2. The molecule has 5 nitrogen and oxygen atoms in total. The lowest BCUT2D eigenvalue weighted by molar-refractivity contribution is -0.119. The van der Waals surface area contributed by atoms with Crippen molar-refractivity contribution in [2.24, 2.45) is 11.7 Å². The van der Waals surface area contributed by atoms with Crippen molar-refractivity contribution < 1.29 is 4.79 Å². The molecule has 1 fully saturated rings. The predicted molar refractivity (Wildman–Crippen MR) is 85.0 cm³/mol. The molecule has 1 aromatic rings. The summed E-state index contributed by atoms with van der Waals surface area (Å²) in [5.41, 5.74) is 6.69. The fourth-order valence-electron chi connectivity index (χ4n) is 2.80. The summed E-state index contributed by atoms with van der Waals surface area (Å²) in [5.74, 6) is 1.26. The summed E-state index contributed by atoms with van der Waals surface area (Å²) >= 11 is 0. The second-order valence-corrected chi connectivity index (χ2v) is 6.12. The Balaban J connectivity index is 2.15. The van der Waals surface area contributed by atoms with Gasteiger partial charge in [0, 0.05) is 24.8 Å². The van der Waals surface area contributed by atoms with Crippen LogP contribution in [0.5, 0.6) is 0 Å². The Kier molecular flexibility index (Phi) is 5.56. The van der Waals surface area contributed by atoms with Gasteiger partial charge in [0.2, 0.25) is 5.91 Å². The molecule has 2 heterocycles. The van der Waals surface area contributed by atoms with Gasteiger partial charge in [-0.05, 0) is 37.8 Å². The maximum Gasteiger partial charge on any atom is 0.240 e. The molecule has 1 unspecified atom stereocenters. The lowest BCUT2D eigenvalue weighted by Gasteiger charge is -2.35. The van der Waals surface area contributed by atoms with Crippen LogP contribution in [0.4, 0.5) is 5.82 Å². The number of rotatable bonds is 6. The van der Waals surface area contributed by atoms with Gasteiger partial charge in [-0.2, -0.15) is 0 Å². The van der Waals surface area contributed by atoms with E-state index in [-0.39, 0.29) is 11.9 Å². The normalized spacial score (nSPS) is 19.0. The minimum Gasteiger partial charge on any atom is -0.368 e. The lowest BCUT2D eigenvalue weighted by Crippen LogP contribution is -2.48. The number of carbonyl (C=O) groups excluding carboxylic acids is 1. The number of piperidine rings is 1. The number of nitrogens with zero attached hydrogens (tertiary/aromatic N) is 2. The van der Waals surface area contributed by atoms with E-state index in [1.54, 1.807) is 6.20 Å². The van der Waals surface area contributed by atoms with Crippen molar-refractivity contribution in [2.45, 2.75) is 45.7 Å². The molecule has 2 rings (SSSR count). The van der Waals surface area contributed by atoms with E-state index in [2.05, 4.69) is 35.1 Å². The van der Waals surface area contributed by atoms with Gasteiger partial charge in [0.15, 0.2) is 0 Å². The van der Waals surface area contributed by atoms with E-state index in [0.717, 1.165) is 50.3 Å². The Labute approximate surface area is 126 Å². The smallest absolute Gasteiger partial charge is 0.240 e. The van der Waals surface area contributed by atoms with Crippen molar-refractivity contribution in [2.75, 3.05) is 18.0 Å². The Morgan fingerprint density at radius 2 is 2.33 bits per heavy atom. The van der Waals surface area contributed by atoms with Gasteiger partial charge in [0.05, 0.1) is 0 Å². The van der Waals surface area contributed by atoms with Crippen LogP contribution in [0, 0.1) is 5.92 Å². The van der Waals surface area contributed by atoms with E-state index in [9.17, 15) is 4.79 Å². The van der Waals surface area contributed by atoms with Crippen molar-refractivity contribution in [1.29, 1.82) is 0 Å². The van der Waals surface area contributed by atoms with Crippen LogP contribution in [0.25, 0.3) is 0 Å². The molecule has 5 heteroatoms. The average molecular weight is 290 g/mol. The second-order valence-electron chi connectivity index (χ2n) is 6.12. The van der Waals surface area contributed by atoms with Gasteiger partial charge >= 0.3 is 0 Å². The van der Waals surface area contributed by atoms with E-state index in [1.165, 1.54) is 0 Å². The molecule has 1 atom stereocenters. The van der Waals surface area contributed by atoms with Gasteiger partial charge < -0.3 is 16.0 Å². The van der Waals surface area contributed by atoms with Gasteiger partial charge in [-0.25, -0.2) is 4.98 Å². The van der Waals surface area contributed by atoms with Crippen molar-refractivity contribution in [1.82, 2.24) is 10.3 Å². The molecule has 116 valence electrons. The number of aromatic nitrogens is 1. The van der Waals surface area contributed by atoms with Crippen LogP contribution in [0.1, 0.15) is 38.7 Å². The van der Waals surface area contributed by atoms with Crippen molar-refractivity contribution in [3.8, 4) is 0 Å². The zero-order chi connectivity index (χ0) is 15.2. The third-order valence-electron chi connectivity index (χ3n) is 3.84. The van der Waals surface area contributed by atoms with E-state index >= 15 is 0 Å². The quantitative estimate of drug-likeness (QED) is 0.836. The molecule has 0 aromatic carbocycles. The number of pyridine rings is 1. The number of amides is 1. The summed E-state index contributed by atoms with van der Waals surface area (Å²) in [6.45, 7) is 6.95. The van der Waals surface area contributed by atoms with E-state index in [0.29, 0.717) is 5.92 Å². The molecule has 0 bridgehead atoms. The molecule has 0 saturated carbocycles. The molecular formula is C16H26N4O. The van der Waals surface area contributed by atoms with Crippen molar-refractivity contribution in [3.05, 3.63) is 23.9 Å². The fraction of sp³-hybridized carbons (Fsp3) is 0.625. The number of hydrogen-bond acceptors (Lipinski definition) is 4. The highest BCUT2D eigenvalue weighted by molar-refractivity contribution is 5.83. The highest BCUT2D eigenvalue weighted by Gasteiger charge is 2.29. The molecular weight excluding hydrogens is 264 g/mol. The molecule has 21 heavy (non-hydrogen) atoms. The maximum atomic E-state index is 11.7. The fourth-order valence-corrected chi connectivity index (χ4v) is 2.80. The standard InChI is InChI=1S/C16H26N4O/c1-12(2)10-18-11-13-6-5-8-19-16(13)20-9-4-3-7-14(20)15(17)21/h5-6,8,12,14,18H,3-4,7,9-11H2,1-2H3,(H2,17,21). The zero-order valence-electron chi connectivity index (χ0n) is 13.0. The van der Waals surface area contributed by atoms with Crippen LogP contribution in [0.2, 0.25) is 0 Å². The first-order valence-corrected chi connectivity index (χ1v) is 7.80. The summed E-state index contributed by atoms with van der Waals surface area (Å²) in [6.07, 6.45) is 4.75. The summed E-state index contributed by atoms with van der Waals surface area (Å²) in [6, 6.07) is 3.79. The van der Waals surface area contributed by atoms with Crippen LogP contribution < -0.4 is 16.0 Å². The largest absolute Gasteiger partial charge is 0.368 e. The molecule has 1 aliphatic rings. The van der Waals surface area contributed by atoms with Crippen molar-refractivity contribution >= 4 is 11.7 Å². The summed E-state index contributed by atoms with van der Waals surface area (Å²) in [7, 11) is 0. The Morgan fingerprint density at radius 3 is 3.05 bits per heavy atom. The lowest BCUT2D eigenvalue weighted by atomic mass is 10.0. The minimum atomic E-state index is -0.249. The Bertz CT molecular complexity index is 475. The Hall–Kier alpha value is -1.62. The third kappa shape index (κ3) is 4.17. The highest BCUT2D eigenvalue weighted by Crippen LogP contribution is 2.26. The topological polar surface area (TPSA) is 71.2 Å². The van der Waals surface area contributed by atoms with Crippen LogP contribution in [-0.2, 0) is 11.3 Å². The second kappa shape index (κ2) is 7.41. The van der Waals surface area contributed by atoms with Gasteiger partial charge in [-0.15, -0.1) is 0 Å². The van der Waals surface area contributed by atoms with E-state index in [1.807, 2.05) is 6.07 Å². The highest BCUT2D eigenvalue weighted by atomic mass is 16.1. The monoisotopic (exact) mass is 290 g/mol. The summed E-state index contributed by atoms with van der Waals surface area (Å²) in [5, 5.41) is 3.44. The number of nitrogens with one attached hydrogen (secondary N) is 1. The molecule has 3 N–H and O–H groups in total. The van der Waals surface area contributed by atoms with Gasteiger partial charge in [0.25, 0.3) is 0 Å². The van der Waals surface area contributed by atoms with Crippen LogP contribution >= 0.6 is 0 Å². The number of anilines is 1. The van der Waals surface area contributed by atoms with Gasteiger partial charge in [-0.1, -0.05) is 19.9 Å². The van der Waals surface area contributed by atoms with E-state index in [4.69, 9.17) is 5.73 Å². The predicted octanol–water partition coefficient (Wildman–Crippen LogP) is 1.67. The first-order chi connectivity index (χ1) is 10.1. The summed E-state index contributed by atoms with van der Waals surface area (Å²) < 4.78 is 0. The van der Waals surface area contributed by atoms with Crippen LogP contribution in [0.15, 0.2) is 18.3 Å². The van der Waals surface area contributed by atoms with Crippen LogP contribution in [-0.4, -0.2) is 30.0 Å². The zero-order valence-corrected chi connectivity index (χ0v) is 13.0. The maximum absolute atomic E-state index is 11.7. The van der Waals surface area contributed by atoms with Crippen molar-refractivity contribution in [3.63, 3.8) is 0 Å². The minimum absolute atomic E-state index is 0.225. The molecule has 1 amide bonds. The summed E-state index contributed by atoms with van der Waals surface area (Å²) in [4.78, 5) is 18.3. The number of primary amides is 1. The third-order valence-corrected chi connectivity index (χ3v) is 3.84. The Morgan fingerprint density at radius 1 is 1.52 bits per heavy atom. The number of carbonyl (C=O) groups is 1. The first-order valence-electron chi connectivity index (χ1n) is 7.80. The number of nitrogens with two attached hydrogens (primary N) is 1. The van der Waals surface area contributed by atoms with E-state index < -0.39 is 0 Å². The van der Waals surface area contributed by atoms with Gasteiger partial charge in [-0.3, -0.25) is 4.79 Å². The van der Waals surface area contributed by atoms with Gasteiger partial charge in [0.1, 0.15) is 11.9 Å². The van der Waals surface area contributed by atoms with Crippen LogP contribution in [0.3, 0.4) is 0 Å². The molecule has 0 aliphatic carbocycles. The molecule has 1 aliphatic heterocycles. The molecule has 0 radical (unpaired) electrons. The molecule has 1 aromatic heterocycles. The SMILES string of the molecule is CC(C)CNCc1cccnc1N1CCCCC1C(N)=O. The molecule has 1 saturated heterocycles. The average Bonchev–Trinajstić information content (AvgIpc) is 2.47. The molecule has 0 spiro atoms. The first kappa shape index (κ1) is 15.8.